The molecule has 0 bridgehead atoms. The number of alkyl halides is 3. The zero-order chi connectivity index (χ0) is 22.4. The fourth-order valence-electron chi connectivity index (χ4n) is 2.70. The van der Waals surface area contributed by atoms with E-state index in [1.54, 1.807) is 0 Å². The van der Waals surface area contributed by atoms with Crippen LogP contribution in [0.15, 0.2) is 54.6 Å². The van der Waals surface area contributed by atoms with Crippen molar-refractivity contribution in [1.29, 1.82) is 0 Å². The number of carbonyl (C=O) groups excluding carboxylic acids is 1. The van der Waals surface area contributed by atoms with Crippen LogP contribution in [0.4, 0.5) is 18.9 Å². The smallest absolute Gasteiger partial charge is 0.423 e. The largest absolute Gasteiger partial charge is 0.497 e. The molecule has 160 valence electrons. The van der Waals surface area contributed by atoms with Crippen LogP contribution in [0, 0.1) is 10.1 Å². The summed E-state index contributed by atoms with van der Waals surface area (Å²) in [5, 5.41) is 12.8. The number of methoxy groups -OCH3 is 2. The lowest BCUT2D eigenvalue weighted by Crippen LogP contribution is -2.52. The summed E-state index contributed by atoms with van der Waals surface area (Å²) in [5.41, 5.74) is -2.66. The Morgan fingerprint density at radius 2 is 1.83 bits per heavy atom. The summed E-state index contributed by atoms with van der Waals surface area (Å²) in [6.07, 6.45) is -2.47. The van der Waals surface area contributed by atoms with Gasteiger partial charge in [0.1, 0.15) is 5.75 Å². The molecule has 10 heteroatoms. The fourth-order valence-corrected chi connectivity index (χ4v) is 2.70. The standard InChI is InChI=1S/C20H19F3N2O5/c1-29-17-5-3-4-15(12-17)19(30-2,20(21,22)23)13-24-18(26)11-8-14-6-9-16(10-7-14)25(27)28/h3-12H,13H2,1-2H3,(H,24,26). The molecule has 2 aromatic rings. The molecule has 0 saturated heterocycles. The quantitative estimate of drug-likeness (QED) is 0.395. The first kappa shape index (κ1) is 22.9. The number of carbonyl (C=O) groups is 1. The van der Waals surface area contributed by atoms with Crippen LogP contribution >= 0.6 is 0 Å². The average Bonchev–Trinajstić information content (AvgIpc) is 2.72. The first-order valence-electron chi connectivity index (χ1n) is 8.60. The normalized spacial score (nSPS) is 13.6. The third-order valence-corrected chi connectivity index (χ3v) is 4.39. The van der Waals surface area contributed by atoms with Gasteiger partial charge in [-0.25, -0.2) is 0 Å². The molecule has 0 aromatic heterocycles. The third-order valence-electron chi connectivity index (χ3n) is 4.39. The summed E-state index contributed by atoms with van der Waals surface area (Å²) < 4.78 is 51.6. The van der Waals surface area contributed by atoms with Gasteiger partial charge in [-0.3, -0.25) is 14.9 Å². The predicted molar refractivity (Wildman–Crippen MR) is 103 cm³/mol. The van der Waals surface area contributed by atoms with Gasteiger partial charge in [0, 0.05) is 25.3 Å². The Morgan fingerprint density at radius 3 is 2.37 bits per heavy atom. The monoisotopic (exact) mass is 424 g/mol. The van der Waals surface area contributed by atoms with Crippen LogP contribution in [0.3, 0.4) is 0 Å². The Morgan fingerprint density at radius 1 is 1.17 bits per heavy atom. The van der Waals surface area contributed by atoms with Crippen LogP contribution in [-0.4, -0.2) is 37.8 Å². The zero-order valence-electron chi connectivity index (χ0n) is 16.1. The minimum absolute atomic E-state index is 0.120. The van der Waals surface area contributed by atoms with E-state index in [1.165, 1.54) is 61.7 Å². The lowest BCUT2D eigenvalue weighted by atomic mass is 9.92. The van der Waals surface area contributed by atoms with Crippen LogP contribution in [0.25, 0.3) is 6.08 Å². The molecule has 0 fully saturated rings. The van der Waals surface area contributed by atoms with Gasteiger partial charge in [0.15, 0.2) is 0 Å². The summed E-state index contributed by atoms with van der Waals surface area (Å²) in [4.78, 5) is 22.1. The van der Waals surface area contributed by atoms with Gasteiger partial charge in [-0.05, 0) is 41.5 Å². The van der Waals surface area contributed by atoms with Gasteiger partial charge in [-0.2, -0.15) is 13.2 Å². The maximum atomic E-state index is 13.9. The molecule has 2 aromatic carbocycles. The van der Waals surface area contributed by atoms with E-state index < -0.39 is 29.2 Å². The minimum Gasteiger partial charge on any atom is -0.497 e. The van der Waals surface area contributed by atoms with E-state index in [0.29, 0.717) is 5.56 Å². The number of nitrogens with one attached hydrogen (secondary N) is 1. The maximum absolute atomic E-state index is 13.9. The Bertz CT molecular complexity index is 929. The van der Waals surface area contributed by atoms with Crippen molar-refractivity contribution in [3.63, 3.8) is 0 Å². The molecule has 0 aliphatic carbocycles. The highest BCUT2D eigenvalue weighted by Gasteiger charge is 2.57. The molecule has 7 nitrogen and oxygen atoms in total. The van der Waals surface area contributed by atoms with Gasteiger partial charge in [-0.1, -0.05) is 12.1 Å². The number of ether oxygens (including phenoxy) is 2. The minimum atomic E-state index is -4.83. The average molecular weight is 424 g/mol. The SMILES string of the molecule is COc1cccc(C(CNC(=O)C=Cc2ccc([N+](=O)[O-])cc2)(OC)C(F)(F)F)c1. The summed E-state index contributed by atoms with van der Waals surface area (Å²) in [5.74, 6) is -0.579. The first-order chi connectivity index (χ1) is 14.1. The lowest BCUT2D eigenvalue weighted by molar-refractivity contribution is -0.384. The van der Waals surface area contributed by atoms with Crippen molar-refractivity contribution in [1.82, 2.24) is 5.32 Å². The van der Waals surface area contributed by atoms with Gasteiger partial charge in [0.05, 0.1) is 18.6 Å². The number of hydrogen-bond donors (Lipinski definition) is 1. The van der Waals surface area contributed by atoms with Gasteiger partial charge in [0.2, 0.25) is 11.5 Å². The Hall–Kier alpha value is -3.40. The van der Waals surface area contributed by atoms with Crippen molar-refractivity contribution in [2.45, 2.75) is 11.8 Å². The second kappa shape index (κ2) is 9.40. The number of amides is 1. The molecular formula is C20H19F3N2O5. The molecule has 30 heavy (non-hydrogen) atoms. The van der Waals surface area contributed by atoms with Crippen LogP contribution in [0.5, 0.6) is 5.75 Å². The van der Waals surface area contributed by atoms with Crippen molar-refractivity contribution in [3.8, 4) is 5.75 Å². The van der Waals surface area contributed by atoms with E-state index in [1.807, 2.05) is 0 Å². The van der Waals surface area contributed by atoms with Crippen molar-refractivity contribution < 1.29 is 32.4 Å². The highest BCUT2D eigenvalue weighted by Crippen LogP contribution is 2.42. The highest BCUT2D eigenvalue weighted by atomic mass is 19.4. The molecule has 0 spiro atoms. The number of halogens is 3. The summed E-state index contributed by atoms with van der Waals surface area (Å²) >= 11 is 0. The molecule has 1 N–H and O–H groups in total. The number of hydrogen-bond acceptors (Lipinski definition) is 5. The molecule has 0 aliphatic rings. The van der Waals surface area contributed by atoms with Crippen LogP contribution < -0.4 is 10.1 Å². The predicted octanol–water partition coefficient (Wildman–Crippen LogP) is 3.84. The lowest BCUT2D eigenvalue weighted by Gasteiger charge is -2.35. The number of nitro groups is 1. The van der Waals surface area contributed by atoms with Gasteiger partial charge in [0.25, 0.3) is 5.69 Å². The molecule has 1 amide bonds. The highest BCUT2D eigenvalue weighted by molar-refractivity contribution is 5.91. The Kier molecular flexibility index (Phi) is 7.17. The van der Waals surface area contributed by atoms with E-state index in [0.717, 1.165) is 13.2 Å². The number of nitrogens with zero attached hydrogens (tertiary/aromatic N) is 1. The molecule has 0 radical (unpaired) electrons. The number of nitro benzene ring substituents is 1. The molecule has 1 atom stereocenters. The number of benzene rings is 2. The van der Waals surface area contributed by atoms with Crippen LogP contribution in [0.2, 0.25) is 0 Å². The van der Waals surface area contributed by atoms with Crippen LogP contribution in [0.1, 0.15) is 11.1 Å². The van der Waals surface area contributed by atoms with Crippen molar-refractivity contribution in [2.24, 2.45) is 0 Å². The number of non-ortho nitro benzene ring substituents is 1. The second-order valence-electron chi connectivity index (χ2n) is 6.16. The number of rotatable bonds is 8. The van der Waals surface area contributed by atoms with E-state index in [2.05, 4.69) is 5.32 Å². The molecule has 0 aliphatic heterocycles. The van der Waals surface area contributed by atoms with E-state index in [-0.39, 0.29) is 17.0 Å². The van der Waals surface area contributed by atoms with Crippen molar-refractivity contribution in [3.05, 3.63) is 75.8 Å². The summed E-state index contributed by atoms with van der Waals surface area (Å²) in [6.45, 7) is -0.871. The summed E-state index contributed by atoms with van der Waals surface area (Å²) in [6, 6.07) is 10.6. The summed E-state index contributed by atoms with van der Waals surface area (Å²) in [7, 11) is 2.23. The first-order valence-corrected chi connectivity index (χ1v) is 8.60. The van der Waals surface area contributed by atoms with Crippen molar-refractivity contribution >= 4 is 17.7 Å². The molecule has 2 rings (SSSR count). The van der Waals surface area contributed by atoms with E-state index >= 15 is 0 Å². The Labute approximate surface area is 170 Å². The molecule has 0 heterocycles. The molecular weight excluding hydrogens is 405 g/mol. The fraction of sp³-hybridized carbons (Fsp3) is 0.250. The van der Waals surface area contributed by atoms with E-state index in [9.17, 15) is 28.1 Å². The molecule has 0 saturated carbocycles. The van der Waals surface area contributed by atoms with E-state index in [4.69, 9.17) is 9.47 Å². The van der Waals surface area contributed by atoms with Gasteiger partial charge < -0.3 is 14.8 Å². The van der Waals surface area contributed by atoms with Gasteiger partial charge in [-0.15, -0.1) is 0 Å². The van der Waals surface area contributed by atoms with Crippen molar-refractivity contribution in [2.75, 3.05) is 20.8 Å². The zero-order valence-corrected chi connectivity index (χ0v) is 16.1. The van der Waals surface area contributed by atoms with Crippen LogP contribution in [-0.2, 0) is 15.1 Å². The molecule has 1 unspecified atom stereocenters. The third kappa shape index (κ3) is 5.15. The maximum Gasteiger partial charge on any atom is 0.423 e. The topological polar surface area (TPSA) is 90.7 Å². The van der Waals surface area contributed by atoms with Gasteiger partial charge >= 0.3 is 6.18 Å². The Balaban J connectivity index is 2.18. The second-order valence-corrected chi connectivity index (χ2v) is 6.16.